The average Bonchev–Trinajstić information content (AvgIpc) is 2.85. The minimum absolute atomic E-state index is 0.179. The molecule has 0 spiro atoms. The van der Waals surface area contributed by atoms with Crippen molar-refractivity contribution in [1.82, 2.24) is 5.32 Å². The zero-order valence-corrected chi connectivity index (χ0v) is 14.0. The van der Waals surface area contributed by atoms with Crippen molar-refractivity contribution in [2.75, 3.05) is 26.9 Å². The fourth-order valence-corrected chi connectivity index (χ4v) is 2.31. The number of amides is 1. The Morgan fingerprint density at radius 2 is 2.18 bits per heavy atom. The molecule has 6 nitrogen and oxygen atoms in total. The first-order valence-corrected chi connectivity index (χ1v) is 7.61. The highest BCUT2D eigenvalue weighted by Gasteiger charge is 2.15. The SMILES string of the molecule is COCCOc1cc(C(=O)NCC(C)O)cc2oc(Br)cc12. The van der Waals surface area contributed by atoms with Gasteiger partial charge in [-0.25, -0.2) is 0 Å². The molecule has 1 heterocycles. The molecule has 2 rings (SSSR count). The number of furan rings is 1. The van der Waals surface area contributed by atoms with Gasteiger partial charge in [-0.05, 0) is 35.0 Å². The first-order valence-electron chi connectivity index (χ1n) is 6.82. The fourth-order valence-electron chi connectivity index (χ4n) is 1.90. The number of hydrogen-bond donors (Lipinski definition) is 2. The maximum Gasteiger partial charge on any atom is 0.251 e. The minimum atomic E-state index is -0.608. The Hall–Kier alpha value is -1.57. The molecule has 7 heteroatoms. The molecule has 1 amide bonds. The van der Waals surface area contributed by atoms with Crippen LogP contribution >= 0.6 is 15.9 Å². The highest BCUT2D eigenvalue weighted by molar-refractivity contribution is 9.10. The van der Waals surface area contributed by atoms with Crippen molar-refractivity contribution in [3.63, 3.8) is 0 Å². The van der Waals surface area contributed by atoms with Gasteiger partial charge in [0, 0.05) is 25.3 Å². The lowest BCUT2D eigenvalue weighted by molar-refractivity contribution is 0.0923. The summed E-state index contributed by atoms with van der Waals surface area (Å²) >= 11 is 3.27. The topological polar surface area (TPSA) is 80.9 Å². The molecule has 0 bridgehead atoms. The van der Waals surface area contributed by atoms with Crippen molar-refractivity contribution >= 4 is 32.8 Å². The van der Waals surface area contributed by atoms with E-state index in [-0.39, 0.29) is 12.5 Å². The first kappa shape index (κ1) is 16.8. The lowest BCUT2D eigenvalue weighted by atomic mass is 10.1. The van der Waals surface area contributed by atoms with Gasteiger partial charge in [-0.3, -0.25) is 4.79 Å². The Bertz CT molecular complexity index is 653. The molecule has 0 aliphatic carbocycles. The highest BCUT2D eigenvalue weighted by Crippen LogP contribution is 2.32. The van der Waals surface area contributed by atoms with Crippen molar-refractivity contribution in [3.05, 3.63) is 28.4 Å². The molecule has 0 aliphatic rings. The Morgan fingerprint density at radius 1 is 1.41 bits per heavy atom. The van der Waals surface area contributed by atoms with E-state index in [1.54, 1.807) is 32.2 Å². The van der Waals surface area contributed by atoms with E-state index in [9.17, 15) is 9.90 Å². The highest BCUT2D eigenvalue weighted by atomic mass is 79.9. The number of methoxy groups -OCH3 is 1. The lowest BCUT2D eigenvalue weighted by Gasteiger charge is -2.10. The van der Waals surface area contributed by atoms with Gasteiger partial charge in [-0.1, -0.05) is 0 Å². The predicted molar refractivity (Wildman–Crippen MR) is 85.3 cm³/mol. The summed E-state index contributed by atoms with van der Waals surface area (Å²) in [4.78, 5) is 12.1. The van der Waals surface area contributed by atoms with E-state index >= 15 is 0 Å². The molecule has 0 aliphatic heterocycles. The maximum absolute atomic E-state index is 12.1. The van der Waals surface area contributed by atoms with Crippen LogP contribution in [0.3, 0.4) is 0 Å². The number of nitrogens with one attached hydrogen (secondary N) is 1. The molecular weight excluding hydrogens is 354 g/mol. The molecule has 1 aromatic carbocycles. The molecule has 1 aromatic heterocycles. The average molecular weight is 372 g/mol. The van der Waals surface area contributed by atoms with Gasteiger partial charge >= 0.3 is 0 Å². The molecule has 120 valence electrons. The van der Waals surface area contributed by atoms with E-state index in [4.69, 9.17) is 13.9 Å². The van der Waals surface area contributed by atoms with Gasteiger partial charge in [-0.2, -0.15) is 0 Å². The van der Waals surface area contributed by atoms with Crippen LogP contribution in [0.2, 0.25) is 0 Å². The van der Waals surface area contributed by atoms with Crippen molar-refractivity contribution in [2.45, 2.75) is 13.0 Å². The molecule has 0 saturated heterocycles. The molecule has 2 aromatic rings. The number of carbonyl (C=O) groups is 1. The molecule has 0 saturated carbocycles. The van der Waals surface area contributed by atoms with Crippen molar-refractivity contribution in [2.24, 2.45) is 0 Å². The van der Waals surface area contributed by atoms with Gasteiger partial charge < -0.3 is 24.3 Å². The summed E-state index contributed by atoms with van der Waals surface area (Å²) in [6, 6.07) is 5.08. The van der Waals surface area contributed by atoms with Gasteiger partial charge in [0.2, 0.25) is 0 Å². The van der Waals surface area contributed by atoms with E-state index in [1.807, 2.05) is 0 Å². The number of halogens is 1. The normalized spacial score (nSPS) is 12.4. The quantitative estimate of drug-likeness (QED) is 0.730. The van der Waals surface area contributed by atoms with Gasteiger partial charge in [0.05, 0.1) is 18.1 Å². The van der Waals surface area contributed by atoms with Gasteiger partial charge in [0.15, 0.2) is 4.67 Å². The van der Waals surface area contributed by atoms with E-state index in [0.717, 1.165) is 5.39 Å². The number of hydrogen-bond acceptors (Lipinski definition) is 5. The summed E-state index contributed by atoms with van der Waals surface area (Å²) in [5.74, 6) is 0.248. The van der Waals surface area contributed by atoms with E-state index in [1.165, 1.54) is 0 Å². The lowest BCUT2D eigenvalue weighted by Crippen LogP contribution is -2.30. The second kappa shape index (κ2) is 7.62. The molecule has 1 atom stereocenters. The van der Waals surface area contributed by atoms with Crippen LogP contribution in [0.1, 0.15) is 17.3 Å². The van der Waals surface area contributed by atoms with Gasteiger partial charge in [0.25, 0.3) is 5.91 Å². The zero-order valence-electron chi connectivity index (χ0n) is 12.4. The second-order valence-corrected chi connectivity index (χ2v) is 5.62. The monoisotopic (exact) mass is 371 g/mol. The smallest absolute Gasteiger partial charge is 0.251 e. The summed E-state index contributed by atoms with van der Waals surface area (Å²) in [6.07, 6.45) is -0.608. The molecule has 22 heavy (non-hydrogen) atoms. The van der Waals surface area contributed by atoms with E-state index in [0.29, 0.717) is 34.8 Å². The van der Waals surface area contributed by atoms with Crippen LogP contribution in [0, 0.1) is 0 Å². The standard InChI is InChI=1S/C15H18BrNO5/c1-9(18)8-17-15(19)10-5-12(21-4-3-20-2)11-7-14(16)22-13(11)6-10/h5-7,9,18H,3-4,8H2,1-2H3,(H,17,19). The Labute approximate surface area is 136 Å². The van der Waals surface area contributed by atoms with Crippen molar-refractivity contribution < 1.29 is 23.8 Å². The van der Waals surface area contributed by atoms with Crippen molar-refractivity contribution in [3.8, 4) is 5.75 Å². The summed E-state index contributed by atoms with van der Waals surface area (Å²) in [5.41, 5.74) is 0.950. The number of aliphatic hydroxyl groups excluding tert-OH is 1. The third-order valence-corrected chi connectivity index (χ3v) is 3.33. The van der Waals surface area contributed by atoms with Crippen LogP contribution < -0.4 is 10.1 Å². The number of ether oxygens (including phenoxy) is 2. The summed E-state index contributed by atoms with van der Waals surface area (Å²) in [6.45, 7) is 2.59. The van der Waals surface area contributed by atoms with E-state index < -0.39 is 6.10 Å². The molecule has 0 radical (unpaired) electrons. The van der Waals surface area contributed by atoms with Crippen LogP contribution in [0.25, 0.3) is 11.0 Å². The third kappa shape index (κ3) is 4.22. The largest absolute Gasteiger partial charge is 0.490 e. The van der Waals surface area contributed by atoms with Crippen LogP contribution in [0.4, 0.5) is 0 Å². The molecule has 0 fully saturated rings. The third-order valence-electron chi connectivity index (χ3n) is 2.93. The zero-order chi connectivity index (χ0) is 16.1. The second-order valence-electron chi connectivity index (χ2n) is 4.84. The number of carbonyl (C=O) groups excluding carboxylic acids is 1. The Balaban J connectivity index is 2.28. The number of fused-ring (bicyclic) bond motifs is 1. The van der Waals surface area contributed by atoms with Crippen LogP contribution in [0.15, 0.2) is 27.3 Å². The van der Waals surface area contributed by atoms with Crippen molar-refractivity contribution in [1.29, 1.82) is 0 Å². The number of rotatable bonds is 7. The Kier molecular flexibility index (Phi) is 5.82. The summed E-state index contributed by atoms with van der Waals surface area (Å²) in [7, 11) is 1.59. The number of aliphatic hydroxyl groups is 1. The van der Waals surface area contributed by atoms with Crippen LogP contribution in [-0.2, 0) is 4.74 Å². The maximum atomic E-state index is 12.1. The minimum Gasteiger partial charge on any atom is -0.490 e. The van der Waals surface area contributed by atoms with Crippen LogP contribution in [-0.4, -0.2) is 44.0 Å². The summed E-state index contributed by atoms with van der Waals surface area (Å²) < 4.78 is 16.7. The molecule has 1 unspecified atom stereocenters. The fraction of sp³-hybridized carbons (Fsp3) is 0.400. The van der Waals surface area contributed by atoms with Gasteiger partial charge in [0.1, 0.15) is 17.9 Å². The van der Waals surface area contributed by atoms with Gasteiger partial charge in [-0.15, -0.1) is 0 Å². The number of benzene rings is 1. The Morgan fingerprint density at radius 3 is 2.86 bits per heavy atom. The summed E-state index contributed by atoms with van der Waals surface area (Å²) in [5, 5.41) is 12.7. The van der Waals surface area contributed by atoms with E-state index in [2.05, 4.69) is 21.2 Å². The molecular formula is C15H18BrNO5. The molecule has 2 N–H and O–H groups in total. The predicted octanol–water partition coefficient (Wildman–Crippen LogP) is 2.33. The van der Waals surface area contributed by atoms with Crippen LogP contribution in [0.5, 0.6) is 5.75 Å². The first-order chi connectivity index (χ1) is 10.5.